The molecule has 0 fully saturated rings. The highest BCUT2D eigenvalue weighted by Crippen LogP contribution is 2.18. The molecule has 2 rings (SSSR count). The molecule has 0 spiro atoms. The molecule has 1 heterocycles. The Hall–Kier alpha value is -3.09. The molecule has 0 radical (unpaired) electrons. The zero-order valence-corrected chi connectivity index (χ0v) is 17.5. The Kier molecular flexibility index (Phi) is 7.59. The molecule has 0 aliphatic carbocycles. The third-order valence-electron chi connectivity index (χ3n) is 4.94. The normalized spacial score (nSPS) is 12.7. The summed E-state index contributed by atoms with van der Waals surface area (Å²) < 4.78 is 10.3. The zero-order chi connectivity index (χ0) is 21.6. The van der Waals surface area contributed by atoms with E-state index in [0.29, 0.717) is 22.6 Å². The molecule has 2 atom stereocenters. The molecule has 0 saturated heterocycles. The van der Waals surface area contributed by atoms with Gasteiger partial charge in [0.15, 0.2) is 0 Å². The van der Waals surface area contributed by atoms with Crippen molar-refractivity contribution >= 4 is 17.8 Å². The molecule has 7 heteroatoms. The first kappa shape index (κ1) is 22.2. The van der Waals surface area contributed by atoms with Gasteiger partial charge in [-0.15, -0.1) is 0 Å². The monoisotopic (exact) mass is 400 g/mol. The fourth-order valence-corrected chi connectivity index (χ4v) is 2.98. The van der Waals surface area contributed by atoms with Gasteiger partial charge < -0.3 is 19.4 Å². The van der Waals surface area contributed by atoms with Gasteiger partial charge in [-0.05, 0) is 31.0 Å². The molecule has 0 aliphatic heterocycles. The lowest BCUT2D eigenvalue weighted by Gasteiger charge is -2.28. The number of likely N-dealkylation sites (N-methyl/N-ethyl adjacent to an activating group) is 1. The maximum atomic E-state index is 13.1. The Labute approximate surface area is 171 Å². The number of amides is 2. The van der Waals surface area contributed by atoms with Gasteiger partial charge in [-0.25, -0.2) is 4.79 Å². The molecule has 29 heavy (non-hydrogen) atoms. The van der Waals surface area contributed by atoms with Crippen LogP contribution in [0.4, 0.5) is 0 Å². The van der Waals surface area contributed by atoms with Gasteiger partial charge in [-0.1, -0.05) is 38.5 Å². The first-order valence-electron chi connectivity index (χ1n) is 9.57. The number of carbonyl (C=O) groups is 3. The number of hydrogen-bond acceptors (Lipinski definition) is 5. The van der Waals surface area contributed by atoms with Crippen molar-refractivity contribution in [2.24, 2.45) is 5.92 Å². The van der Waals surface area contributed by atoms with Crippen LogP contribution in [-0.2, 0) is 16.1 Å². The number of nitrogens with one attached hydrogen (secondary N) is 1. The average molecular weight is 400 g/mol. The lowest BCUT2D eigenvalue weighted by atomic mass is 9.97. The van der Waals surface area contributed by atoms with Gasteiger partial charge in [0.25, 0.3) is 5.91 Å². The number of hydrogen-bond donors (Lipinski definition) is 1. The van der Waals surface area contributed by atoms with Crippen LogP contribution in [0.25, 0.3) is 0 Å². The molecule has 0 unspecified atom stereocenters. The second-order valence-corrected chi connectivity index (χ2v) is 7.07. The minimum atomic E-state index is -0.672. The van der Waals surface area contributed by atoms with Crippen molar-refractivity contribution in [2.45, 2.75) is 39.8 Å². The first-order valence-corrected chi connectivity index (χ1v) is 9.57. The highest BCUT2D eigenvalue weighted by molar-refractivity contribution is 5.97. The largest absolute Gasteiger partial charge is 0.465 e. The third kappa shape index (κ3) is 5.47. The van der Waals surface area contributed by atoms with Crippen LogP contribution in [0.15, 0.2) is 40.8 Å². The zero-order valence-electron chi connectivity index (χ0n) is 17.5. The number of benzene rings is 1. The summed E-state index contributed by atoms with van der Waals surface area (Å²) in [6.45, 7) is 5.73. The second-order valence-electron chi connectivity index (χ2n) is 7.07. The van der Waals surface area contributed by atoms with Crippen LogP contribution in [0.5, 0.6) is 0 Å². The van der Waals surface area contributed by atoms with Crippen molar-refractivity contribution in [3.8, 4) is 0 Å². The van der Waals surface area contributed by atoms with Crippen LogP contribution < -0.4 is 5.32 Å². The van der Waals surface area contributed by atoms with E-state index in [-0.39, 0.29) is 24.3 Å². The van der Waals surface area contributed by atoms with Crippen LogP contribution in [0.3, 0.4) is 0 Å². The van der Waals surface area contributed by atoms with Crippen molar-refractivity contribution in [1.29, 1.82) is 0 Å². The minimum Gasteiger partial charge on any atom is -0.465 e. The Morgan fingerprint density at radius 3 is 2.45 bits per heavy atom. The Bertz CT molecular complexity index is 859. The highest BCUT2D eigenvalue weighted by atomic mass is 16.5. The van der Waals surface area contributed by atoms with E-state index in [1.165, 1.54) is 12.0 Å². The summed E-state index contributed by atoms with van der Waals surface area (Å²) in [5.74, 6) is -0.156. The van der Waals surface area contributed by atoms with Gasteiger partial charge in [-0.2, -0.15) is 0 Å². The van der Waals surface area contributed by atoms with Gasteiger partial charge in [0.2, 0.25) is 5.91 Å². The molecule has 2 amide bonds. The predicted octanol–water partition coefficient (Wildman–Crippen LogP) is 3.18. The van der Waals surface area contributed by atoms with Crippen LogP contribution >= 0.6 is 0 Å². The van der Waals surface area contributed by atoms with Gasteiger partial charge in [0, 0.05) is 12.6 Å². The number of methoxy groups -OCH3 is 1. The Balaban J connectivity index is 2.14. The lowest BCUT2D eigenvalue weighted by molar-refractivity contribution is -0.134. The molecule has 1 aromatic heterocycles. The van der Waals surface area contributed by atoms with E-state index in [9.17, 15) is 14.4 Å². The molecule has 156 valence electrons. The number of furan rings is 1. The van der Waals surface area contributed by atoms with E-state index in [2.05, 4.69) is 5.32 Å². The molecule has 2 aromatic rings. The standard InChI is InChI=1S/C22H28N2O5/c1-6-14(2)19(23-20(25)16-10-8-7-9-11-16)21(26)24(4)13-17-12-18(15(3)29-17)22(27)28-5/h7-12,14,19H,6,13H2,1-5H3,(H,23,25)/t14-,19-/m0/s1. The highest BCUT2D eigenvalue weighted by Gasteiger charge is 2.29. The Morgan fingerprint density at radius 1 is 1.21 bits per heavy atom. The summed E-state index contributed by atoms with van der Waals surface area (Å²) in [4.78, 5) is 38.9. The second kappa shape index (κ2) is 9.91. The smallest absolute Gasteiger partial charge is 0.341 e. The number of nitrogens with zero attached hydrogens (tertiary/aromatic N) is 1. The van der Waals surface area contributed by atoms with E-state index >= 15 is 0 Å². The van der Waals surface area contributed by atoms with Gasteiger partial charge in [0.05, 0.1) is 13.7 Å². The van der Waals surface area contributed by atoms with Crippen LogP contribution in [0.2, 0.25) is 0 Å². The Morgan fingerprint density at radius 2 is 1.86 bits per heavy atom. The maximum Gasteiger partial charge on any atom is 0.341 e. The third-order valence-corrected chi connectivity index (χ3v) is 4.94. The van der Waals surface area contributed by atoms with E-state index in [0.717, 1.165) is 6.42 Å². The summed E-state index contributed by atoms with van der Waals surface area (Å²) in [5, 5.41) is 2.86. The SMILES string of the molecule is CC[C@H](C)[C@H](NC(=O)c1ccccc1)C(=O)N(C)Cc1cc(C(=O)OC)c(C)o1. The van der Waals surface area contributed by atoms with Gasteiger partial charge >= 0.3 is 5.97 Å². The van der Waals surface area contributed by atoms with Gasteiger partial charge in [0.1, 0.15) is 23.1 Å². The molecular formula is C22H28N2O5. The number of ether oxygens (including phenoxy) is 1. The lowest BCUT2D eigenvalue weighted by Crippen LogP contribution is -2.50. The van der Waals surface area contributed by atoms with Crippen molar-refractivity contribution in [1.82, 2.24) is 10.2 Å². The fraction of sp³-hybridized carbons (Fsp3) is 0.409. The number of esters is 1. The predicted molar refractivity (Wildman–Crippen MR) is 108 cm³/mol. The van der Waals surface area contributed by atoms with E-state index in [1.54, 1.807) is 44.3 Å². The van der Waals surface area contributed by atoms with Crippen molar-refractivity contribution in [3.63, 3.8) is 0 Å². The molecular weight excluding hydrogens is 372 g/mol. The number of carbonyl (C=O) groups excluding carboxylic acids is 3. The summed E-state index contributed by atoms with van der Waals surface area (Å²) in [7, 11) is 2.94. The summed E-state index contributed by atoms with van der Waals surface area (Å²) in [5.41, 5.74) is 0.833. The van der Waals surface area contributed by atoms with E-state index in [4.69, 9.17) is 9.15 Å². The number of rotatable bonds is 8. The maximum absolute atomic E-state index is 13.1. The molecule has 7 nitrogen and oxygen atoms in total. The fourth-order valence-electron chi connectivity index (χ4n) is 2.98. The van der Waals surface area contributed by atoms with Crippen LogP contribution in [-0.4, -0.2) is 42.9 Å². The van der Waals surface area contributed by atoms with E-state index in [1.807, 2.05) is 19.9 Å². The summed E-state index contributed by atoms with van der Waals surface area (Å²) >= 11 is 0. The van der Waals surface area contributed by atoms with Crippen molar-refractivity contribution in [2.75, 3.05) is 14.2 Å². The molecule has 0 saturated carbocycles. The van der Waals surface area contributed by atoms with E-state index < -0.39 is 12.0 Å². The van der Waals surface area contributed by atoms with Gasteiger partial charge in [-0.3, -0.25) is 9.59 Å². The quantitative estimate of drug-likeness (QED) is 0.688. The molecule has 0 aliphatic rings. The summed E-state index contributed by atoms with van der Waals surface area (Å²) in [6.07, 6.45) is 0.728. The molecule has 1 N–H and O–H groups in total. The van der Waals surface area contributed by atoms with Crippen molar-refractivity contribution < 1.29 is 23.5 Å². The first-order chi connectivity index (χ1) is 13.8. The summed E-state index contributed by atoms with van der Waals surface area (Å²) in [6, 6.07) is 9.70. The molecule has 0 bridgehead atoms. The minimum absolute atomic E-state index is 0.0541. The van der Waals surface area contributed by atoms with Crippen LogP contribution in [0.1, 0.15) is 52.5 Å². The number of aryl methyl sites for hydroxylation is 1. The average Bonchev–Trinajstić information content (AvgIpc) is 3.10. The molecule has 1 aromatic carbocycles. The van der Waals surface area contributed by atoms with Crippen molar-refractivity contribution in [3.05, 3.63) is 59.0 Å². The topological polar surface area (TPSA) is 88.9 Å². The van der Waals surface area contributed by atoms with Crippen LogP contribution in [0, 0.1) is 12.8 Å².